The third kappa shape index (κ3) is 5.48. The molecule has 0 radical (unpaired) electrons. The summed E-state index contributed by atoms with van der Waals surface area (Å²) >= 11 is 18.5. The first-order chi connectivity index (χ1) is 13.6. The van der Waals surface area contributed by atoms with Crippen LogP contribution in [-0.2, 0) is 13.2 Å². The highest BCUT2D eigenvalue weighted by Gasteiger charge is 2.13. The van der Waals surface area contributed by atoms with E-state index >= 15 is 0 Å². The number of anilines is 1. The van der Waals surface area contributed by atoms with Crippen molar-refractivity contribution in [3.05, 3.63) is 86.9 Å². The van der Waals surface area contributed by atoms with E-state index in [1.807, 2.05) is 55.5 Å². The number of rotatable bonds is 8. The van der Waals surface area contributed by atoms with Crippen LogP contribution in [0.5, 0.6) is 11.5 Å². The minimum atomic E-state index is 0.304. The van der Waals surface area contributed by atoms with Crippen molar-refractivity contribution in [1.82, 2.24) is 0 Å². The molecule has 0 bridgehead atoms. The summed E-state index contributed by atoms with van der Waals surface area (Å²) in [6.45, 7) is 3.36. The lowest BCUT2D eigenvalue weighted by molar-refractivity contribution is 0.269. The molecule has 0 unspecified atom stereocenters. The average Bonchev–Trinajstić information content (AvgIpc) is 2.69. The standard InChI is InChI=1S/C22H20Cl3NO2/c1-2-27-21-12-16(13-26-17-6-4-3-5-7-17)11-20(25)22(21)28-14-15-8-9-18(23)19(24)10-15/h3-12,26H,2,13-14H2,1H3. The van der Waals surface area contributed by atoms with E-state index in [2.05, 4.69) is 5.32 Å². The van der Waals surface area contributed by atoms with Crippen molar-refractivity contribution in [2.75, 3.05) is 11.9 Å². The Balaban J connectivity index is 1.75. The van der Waals surface area contributed by atoms with Crippen LogP contribution in [0.1, 0.15) is 18.1 Å². The molecule has 0 aliphatic rings. The highest BCUT2D eigenvalue weighted by Crippen LogP contribution is 2.37. The molecule has 0 aliphatic heterocycles. The van der Waals surface area contributed by atoms with E-state index in [0.717, 1.165) is 16.8 Å². The van der Waals surface area contributed by atoms with Gasteiger partial charge in [-0.1, -0.05) is 59.1 Å². The maximum atomic E-state index is 6.49. The molecule has 0 amide bonds. The Labute approximate surface area is 180 Å². The molecular weight excluding hydrogens is 417 g/mol. The van der Waals surface area contributed by atoms with Crippen molar-refractivity contribution < 1.29 is 9.47 Å². The van der Waals surface area contributed by atoms with Crippen LogP contribution >= 0.6 is 34.8 Å². The lowest BCUT2D eigenvalue weighted by Gasteiger charge is -2.16. The van der Waals surface area contributed by atoms with Gasteiger partial charge in [-0.15, -0.1) is 0 Å². The number of para-hydroxylation sites is 1. The minimum Gasteiger partial charge on any atom is -0.490 e. The SMILES string of the molecule is CCOc1cc(CNc2ccccc2)cc(Cl)c1OCc1ccc(Cl)c(Cl)c1. The van der Waals surface area contributed by atoms with Gasteiger partial charge in [-0.2, -0.15) is 0 Å². The maximum Gasteiger partial charge on any atom is 0.180 e. The molecule has 146 valence electrons. The minimum absolute atomic E-state index is 0.304. The second kappa shape index (κ2) is 9.92. The predicted molar refractivity (Wildman–Crippen MR) is 117 cm³/mol. The van der Waals surface area contributed by atoms with E-state index in [4.69, 9.17) is 44.3 Å². The van der Waals surface area contributed by atoms with Crippen LogP contribution < -0.4 is 14.8 Å². The normalized spacial score (nSPS) is 10.6. The molecule has 0 spiro atoms. The third-order valence-corrected chi connectivity index (χ3v) is 5.03. The summed E-state index contributed by atoms with van der Waals surface area (Å²) in [5.41, 5.74) is 2.93. The lowest BCUT2D eigenvalue weighted by atomic mass is 10.2. The fraction of sp³-hybridized carbons (Fsp3) is 0.182. The van der Waals surface area contributed by atoms with Crippen molar-refractivity contribution >= 4 is 40.5 Å². The van der Waals surface area contributed by atoms with E-state index < -0.39 is 0 Å². The second-order valence-corrected chi connectivity index (χ2v) is 7.32. The molecule has 3 aromatic rings. The van der Waals surface area contributed by atoms with Crippen LogP contribution in [0, 0.1) is 0 Å². The Hall–Kier alpha value is -2.07. The van der Waals surface area contributed by atoms with Gasteiger partial charge in [-0.05, 0) is 54.4 Å². The maximum absolute atomic E-state index is 6.49. The van der Waals surface area contributed by atoms with Gasteiger partial charge in [0, 0.05) is 12.2 Å². The van der Waals surface area contributed by atoms with Crippen molar-refractivity contribution in [1.29, 1.82) is 0 Å². The molecule has 28 heavy (non-hydrogen) atoms. The molecule has 6 heteroatoms. The van der Waals surface area contributed by atoms with Crippen LogP contribution in [0.2, 0.25) is 15.1 Å². The average molecular weight is 437 g/mol. The monoisotopic (exact) mass is 435 g/mol. The predicted octanol–water partition coefficient (Wildman–Crippen LogP) is 7.24. The number of benzene rings is 3. The highest BCUT2D eigenvalue weighted by atomic mass is 35.5. The Kier molecular flexibility index (Phi) is 7.32. The smallest absolute Gasteiger partial charge is 0.180 e. The van der Waals surface area contributed by atoms with Crippen LogP contribution in [0.3, 0.4) is 0 Å². The molecule has 3 rings (SSSR count). The summed E-state index contributed by atoms with van der Waals surface area (Å²) in [6, 6.07) is 19.2. The van der Waals surface area contributed by atoms with Crippen LogP contribution in [-0.4, -0.2) is 6.61 Å². The van der Waals surface area contributed by atoms with Gasteiger partial charge in [0.1, 0.15) is 6.61 Å². The summed E-state index contributed by atoms with van der Waals surface area (Å²) in [6.07, 6.45) is 0. The van der Waals surface area contributed by atoms with Crippen LogP contribution in [0.4, 0.5) is 5.69 Å². The molecule has 3 aromatic carbocycles. The first-order valence-corrected chi connectivity index (χ1v) is 10.0. The second-order valence-electron chi connectivity index (χ2n) is 6.09. The number of halogens is 3. The third-order valence-electron chi connectivity index (χ3n) is 4.01. The summed E-state index contributed by atoms with van der Waals surface area (Å²) in [7, 11) is 0. The van der Waals surface area contributed by atoms with Gasteiger partial charge in [0.2, 0.25) is 0 Å². The Morgan fingerprint density at radius 2 is 1.54 bits per heavy atom. The van der Waals surface area contributed by atoms with Crippen LogP contribution in [0.15, 0.2) is 60.7 Å². The van der Waals surface area contributed by atoms with Crippen molar-refractivity contribution in [3.63, 3.8) is 0 Å². The van der Waals surface area contributed by atoms with Gasteiger partial charge in [-0.25, -0.2) is 0 Å². The Morgan fingerprint density at radius 1 is 0.786 bits per heavy atom. The van der Waals surface area contributed by atoms with Gasteiger partial charge in [0.25, 0.3) is 0 Å². The molecule has 0 heterocycles. The van der Waals surface area contributed by atoms with Gasteiger partial charge < -0.3 is 14.8 Å². The van der Waals surface area contributed by atoms with Gasteiger partial charge in [-0.3, -0.25) is 0 Å². The zero-order valence-corrected chi connectivity index (χ0v) is 17.6. The van der Waals surface area contributed by atoms with Gasteiger partial charge >= 0.3 is 0 Å². The van der Waals surface area contributed by atoms with E-state index in [1.54, 1.807) is 12.1 Å². The first-order valence-electron chi connectivity index (χ1n) is 8.87. The van der Waals surface area contributed by atoms with E-state index in [-0.39, 0.29) is 0 Å². The number of hydrogen-bond donors (Lipinski definition) is 1. The molecule has 0 saturated heterocycles. The van der Waals surface area contributed by atoms with Crippen molar-refractivity contribution in [2.24, 2.45) is 0 Å². The summed E-state index contributed by atoms with van der Waals surface area (Å²) in [5, 5.41) is 4.86. The molecular formula is C22H20Cl3NO2. The molecule has 0 aliphatic carbocycles. The quantitative estimate of drug-likeness (QED) is 0.404. The van der Waals surface area contributed by atoms with Crippen molar-refractivity contribution in [2.45, 2.75) is 20.1 Å². The van der Waals surface area contributed by atoms with E-state index in [0.29, 0.717) is 46.3 Å². The van der Waals surface area contributed by atoms with Gasteiger partial charge in [0.15, 0.2) is 11.5 Å². The largest absolute Gasteiger partial charge is 0.490 e. The summed E-state index contributed by atoms with van der Waals surface area (Å²) < 4.78 is 11.7. The molecule has 0 atom stereocenters. The summed E-state index contributed by atoms with van der Waals surface area (Å²) in [5.74, 6) is 1.12. The molecule has 0 fully saturated rings. The molecule has 0 aromatic heterocycles. The highest BCUT2D eigenvalue weighted by molar-refractivity contribution is 6.42. The number of nitrogens with one attached hydrogen (secondary N) is 1. The van der Waals surface area contributed by atoms with Gasteiger partial charge in [0.05, 0.1) is 21.7 Å². The fourth-order valence-corrected chi connectivity index (χ4v) is 3.28. The Bertz CT molecular complexity index is 933. The Morgan fingerprint density at radius 3 is 2.25 bits per heavy atom. The molecule has 3 nitrogen and oxygen atoms in total. The molecule has 0 saturated carbocycles. The first kappa shape index (κ1) is 20.7. The lowest BCUT2D eigenvalue weighted by Crippen LogP contribution is -2.04. The fourth-order valence-electron chi connectivity index (χ4n) is 2.67. The topological polar surface area (TPSA) is 30.5 Å². The molecule has 1 N–H and O–H groups in total. The van der Waals surface area contributed by atoms with Crippen LogP contribution in [0.25, 0.3) is 0 Å². The number of hydrogen-bond acceptors (Lipinski definition) is 3. The van der Waals surface area contributed by atoms with E-state index in [1.165, 1.54) is 0 Å². The zero-order chi connectivity index (χ0) is 19.9. The zero-order valence-electron chi connectivity index (χ0n) is 15.3. The number of ether oxygens (including phenoxy) is 2. The van der Waals surface area contributed by atoms with E-state index in [9.17, 15) is 0 Å². The summed E-state index contributed by atoms with van der Waals surface area (Å²) in [4.78, 5) is 0. The van der Waals surface area contributed by atoms with Crippen molar-refractivity contribution in [3.8, 4) is 11.5 Å².